The monoisotopic (exact) mass is 260 g/mol. The minimum Gasteiger partial charge on any atom is -0.491 e. The van der Waals surface area contributed by atoms with Gasteiger partial charge < -0.3 is 20.4 Å². The van der Waals surface area contributed by atoms with E-state index in [9.17, 15) is 0 Å². The van der Waals surface area contributed by atoms with Crippen molar-refractivity contribution in [2.45, 2.75) is 0 Å². The lowest BCUT2D eigenvalue weighted by Crippen LogP contribution is -2.14. The first-order valence-corrected chi connectivity index (χ1v) is 5.89. The Morgan fingerprint density at radius 2 is 1.89 bits per heavy atom. The van der Waals surface area contributed by atoms with Gasteiger partial charge in [-0.2, -0.15) is 0 Å². The Morgan fingerprint density at radius 1 is 1.16 bits per heavy atom. The fraction of sp³-hybridized carbons (Fsp3) is 0.214. The Balaban J connectivity index is 2.46. The molecule has 0 radical (unpaired) electrons. The van der Waals surface area contributed by atoms with Crippen LogP contribution in [0.15, 0.2) is 41.6 Å². The summed E-state index contributed by atoms with van der Waals surface area (Å²) in [7, 11) is 1.63. The van der Waals surface area contributed by atoms with E-state index < -0.39 is 0 Å². The quantitative estimate of drug-likeness (QED) is 0.283. The van der Waals surface area contributed by atoms with Gasteiger partial charge in [-0.05, 0) is 17.5 Å². The molecule has 3 N–H and O–H groups in total. The first-order chi connectivity index (χ1) is 9.27. The minimum absolute atomic E-state index is 0.0830. The van der Waals surface area contributed by atoms with E-state index in [1.807, 2.05) is 30.3 Å². The van der Waals surface area contributed by atoms with E-state index in [4.69, 9.17) is 20.4 Å². The van der Waals surface area contributed by atoms with Gasteiger partial charge in [-0.1, -0.05) is 29.4 Å². The number of amidine groups is 1. The number of nitrogens with two attached hydrogens (primary N) is 1. The molecule has 5 heteroatoms. The van der Waals surface area contributed by atoms with Crippen LogP contribution >= 0.6 is 0 Å². The molecule has 0 heterocycles. The number of hydrogen-bond acceptors (Lipinski definition) is 4. The average Bonchev–Trinajstić information content (AvgIpc) is 2.47. The van der Waals surface area contributed by atoms with Crippen LogP contribution in [0.2, 0.25) is 0 Å². The SMILES string of the molecule is COCCOc1ccc(/C(N)=N/O)c2ccccc12. The molecule has 2 aromatic carbocycles. The second-order valence-electron chi connectivity index (χ2n) is 3.98. The molecule has 0 spiro atoms. The van der Waals surface area contributed by atoms with Gasteiger partial charge in [-0.3, -0.25) is 0 Å². The predicted octanol–water partition coefficient (Wildman–Crippen LogP) is 1.96. The summed E-state index contributed by atoms with van der Waals surface area (Å²) in [6, 6.07) is 11.2. The van der Waals surface area contributed by atoms with Crippen molar-refractivity contribution in [2.24, 2.45) is 10.9 Å². The van der Waals surface area contributed by atoms with E-state index >= 15 is 0 Å². The number of benzene rings is 2. The van der Waals surface area contributed by atoms with Gasteiger partial charge in [0.25, 0.3) is 0 Å². The zero-order valence-electron chi connectivity index (χ0n) is 10.7. The van der Waals surface area contributed by atoms with Gasteiger partial charge in [0, 0.05) is 18.1 Å². The van der Waals surface area contributed by atoms with Crippen molar-refractivity contribution in [3.63, 3.8) is 0 Å². The molecular weight excluding hydrogens is 244 g/mol. The molecule has 0 fully saturated rings. The molecule has 0 aliphatic rings. The molecule has 0 unspecified atom stereocenters. The summed E-state index contributed by atoms with van der Waals surface area (Å²) in [4.78, 5) is 0. The van der Waals surface area contributed by atoms with Crippen LogP contribution in [0.3, 0.4) is 0 Å². The molecule has 0 amide bonds. The van der Waals surface area contributed by atoms with Crippen LogP contribution < -0.4 is 10.5 Å². The van der Waals surface area contributed by atoms with Crippen molar-refractivity contribution in [2.75, 3.05) is 20.3 Å². The molecule has 2 rings (SSSR count). The van der Waals surface area contributed by atoms with Gasteiger partial charge in [0.1, 0.15) is 12.4 Å². The average molecular weight is 260 g/mol. The van der Waals surface area contributed by atoms with Crippen molar-refractivity contribution in [3.8, 4) is 5.75 Å². The lowest BCUT2D eigenvalue weighted by Gasteiger charge is -2.11. The number of hydrogen-bond donors (Lipinski definition) is 2. The molecule has 2 aromatic rings. The molecule has 0 aliphatic heterocycles. The summed E-state index contributed by atoms with van der Waals surface area (Å²) in [5.74, 6) is 0.835. The molecule has 0 aromatic heterocycles. The number of rotatable bonds is 5. The number of fused-ring (bicyclic) bond motifs is 1. The van der Waals surface area contributed by atoms with E-state index in [0.717, 1.165) is 16.5 Å². The van der Waals surface area contributed by atoms with Crippen molar-refractivity contribution < 1.29 is 14.7 Å². The second kappa shape index (κ2) is 6.06. The Kier molecular flexibility index (Phi) is 4.20. The predicted molar refractivity (Wildman–Crippen MR) is 73.8 cm³/mol. The highest BCUT2D eigenvalue weighted by molar-refractivity contribution is 6.10. The molecule has 0 atom stereocenters. The maximum Gasteiger partial charge on any atom is 0.170 e. The summed E-state index contributed by atoms with van der Waals surface area (Å²) in [5.41, 5.74) is 6.35. The van der Waals surface area contributed by atoms with Crippen LogP contribution in [-0.4, -0.2) is 31.4 Å². The number of ether oxygens (including phenoxy) is 2. The normalized spacial score (nSPS) is 11.7. The summed E-state index contributed by atoms with van der Waals surface area (Å²) in [6.07, 6.45) is 0. The minimum atomic E-state index is 0.0830. The van der Waals surface area contributed by atoms with Crippen LogP contribution in [-0.2, 0) is 4.74 Å². The fourth-order valence-electron chi connectivity index (χ4n) is 1.91. The Bertz CT molecular complexity index is 596. The number of methoxy groups -OCH3 is 1. The Labute approximate surface area is 111 Å². The van der Waals surface area contributed by atoms with Gasteiger partial charge in [0.2, 0.25) is 0 Å². The number of oxime groups is 1. The van der Waals surface area contributed by atoms with Gasteiger partial charge in [0.15, 0.2) is 5.84 Å². The van der Waals surface area contributed by atoms with Crippen LogP contribution in [0.5, 0.6) is 5.75 Å². The highest BCUT2D eigenvalue weighted by Gasteiger charge is 2.09. The van der Waals surface area contributed by atoms with E-state index in [1.54, 1.807) is 13.2 Å². The third-order valence-electron chi connectivity index (χ3n) is 2.81. The van der Waals surface area contributed by atoms with Crippen LogP contribution in [0.4, 0.5) is 0 Å². The van der Waals surface area contributed by atoms with Crippen molar-refractivity contribution in [1.82, 2.24) is 0 Å². The van der Waals surface area contributed by atoms with Crippen LogP contribution in [0, 0.1) is 0 Å². The van der Waals surface area contributed by atoms with Gasteiger partial charge in [-0.25, -0.2) is 0 Å². The molecule has 19 heavy (non-hydrogen) atoms. The Hall–Kier alpha value is -2.27. The zero-order valence-corrected chi connectivity index (χ0v) is 10.7. The largest absolute Gasteiger partial charge is 0.491 e. The Morgan fingerprint density at radius 3 is 2.58 bits per heavy atom. The lowest BCUT2D eigenvalue weighted by molar-refractivity contribution is 0.147. The highest BCUT2D eigenvalue weighted by Crippen LogP contribution is 2.28. The molecule has 5 nitrogen and oxygen atoms in total. The zero-order chi connectivity index (χ0) is 13.7. The lowest BCUT2D eigenvalue weighted by atomic mass is 10.0. The van der Waals surface area contributed by atoms with Crippen LogP contribution in [0.25, 0.3) is 10.8 Å². The molecule has 0 saturated heterocycles. The van der Waals surface area contributed by atoms with Gasteiger partial charge in [-0.15, -0.1) is 0 Å². The summed E-state index contributed by atoms with van der Waals surface area (Å²) in [5, 5.41) is 13.7. The number of nitrogens with zero attached hydrogens (tertiary/aromatic N) is 1. The fourth-order valence-corrected chi connectivity index (χ4v) is 1.91. The van der Waals surface area contributed by atoms with Crippen molar-refractivity contribution >= 4 is 16.6 Å². The maximum absolute atomic E-state index is 8.81. The summed E-state index contributed by atoms with van der Waals surface area (Å²) in [6.45, 7) is 1.000. The van der Waals surface area contributed by atoms with Crippen molar-refractivity contribution in [3.05, 3.63) is 42.0 Å². The molecule has 0 saturated carbocycles. The standard InChI is InChI=1S/C14H16N2O3/c1-18-8-9-19-13-7-6-12(14(15)16-17)10-4-2-3-5-11(10)13/h2-7,17H,8-9H2,1H3,(H2,15,16). The smallest absolute Gasteiger partial charge is 0.170 e. The van der Waals surface area contributed by atoms with E-state index in [2.05, 4.69) is 5.16 Å². The molecule has 0 aliphatic carbocycles. The molecule has 100 valence electrons. The third kappa shape index (κ3) is 2.77. The highest BCUT2D eigenvalue weighted by atomic mass is 16.5. The van der Waals surface area contributed by atoms with Crippen LogP contribution in [0.1, 0.15) is 5.56 Å². The van der Waals surface area contributed by atoms with Crippen molar-refractivity contribution in [1.29, 1.82) is 0 Å². The van der Waals surface area contributed by atoms with E-state index in [0.29, 0.717) is 18.8 Å². The summed E-state index contributed by atoms with van der Waals surface area (Å²) < 4.78 is 10.6. The molecular formula is C14H16N2O3. The first-order valence-electron chi connectivity index (χ1n) is 5.89. The first kappa shape index (κ1) is 13.2. The third-order valence-corrected chi connectivity index (χ3v) is 2.81. The van der Waals surface area contributed by atoms with E-state index in [1.165, 1.54) is 0 Å². The summed E-state index contributed by atoms with van der Waals surface area (Å²) >= 11 is 0. The maximum atomic E-state index is 8.81. The van der Waals surface area contributed by atoms with Gasteiger partial charge >= 0.3 is 0 Å². The second-order valence-corrected chi connectivity index (χ2v) is 3.98. The van der Waals surface area contributed by atoms with Gasteiger partial charge in [0.05, 0.1) is 6.61 Å². The molecule has 0 bridgehead atoms. The van der Waals surface area contributed by atoms with E-state index in [-0.39, 0.29) is 5.84 Å². The topological polar surface area (TPSA) is 77.1 Å².